The minimum absolute atomic E-state index is 0.132. The van der Waals surface area contributed by atoms with Crippen molar-refractivity contribution >= 4 is 34.6 Å². The first-order valence-electron chi connectivity index (χ1n) is 15.2. The van der Waals surface area contributed by atoms with Crippen LogP contribution in [0.2, 0.25) is 0 Å². The highest BCUT2D eigenvalue weighted by molar-refractivity contribution is 7.13. The Hall–Kier alpha value is -6.06. The van der Waals surface area contributed by atoms with Crippen molar-refractivity contribution in [2.24, 2.45) is 0 Å². The van der Waals surface area contributed by atoms with Crippen molar-refractivity contribution in [1.29, 1.82) is 0 Å². The molecule has 0 saturated carbocycles. The van der Waals surface area contributed by atoms with Crippen LogP contribution in [0.3, 0.4) is 0 Å². The lowest BCUT2D eigenvalue weighted by atomic mass is 10.1. The molecule has 0 bridgehead atoms. The number of aromatic hydroxyl groups is 1. The Labute approximate surface area is 281 Å². The number of amides is 2. The maximum atomic E-state index is 13.6. The molecule has 0 unspecified atom stereocenters. The summed E-state index contributed by atoms with van der Waals surface area (Å²) in [6, 6.07) is 37.7. The van der Waals surface area contributed by atoms with Gasteiger partial charge in [0, 0.05) is 34.3 Å². The van der Waals surface area contributed by atoms with Gasteiger partial charge in [0.1, 0.15) is 22.3 Å². The zero-order valence-corrected chi connectivity index (χ0v) is 26.8. The molecule has 0 spiro atoms. The monoisotopic (exact) mass is 653 g/mol. The number of ketones is 1. The first-order valence-corrected chi connectivity index (χ1v) is 16.1. The van der Waals surface area contributed by atoms with Gasteiger partial charge in [0.15, 0.2) is 5.78 Å². The second-order valence-corrected chi connectivity index (χ2v) is 11.8. The van der Waals surface area contributed by atoms with Crippen molar-refractivity contribution in [3.63, 3.8) is 0 Å². The number of hydrogen-bond acceptors (Lipinski definition) is 7. The van der Waals surface area contributed by atoms with Crippen molar-refractivity contribution in [2.75, 3.05) is 4.90 Å². The normalized spacial score (nSPS) is 10.7. The zero-order valence-electron chi connectivity index (χ0n) is 26.0. The summed E-state index contributed by atoms with van der Waals surface area (Å²) in [5, 5.41) is 15.8. The molecule has 2 N–H and O–H groups in total. The number of hydrogen-bond donors (Lipinski definition) is 2. The van der Waals surface area contributed by atoms with Crippen LogP contribution in [0.25, 0.3) is 10.6 Å². The van der Waals surface area contributed by atoms with Crippen LogP contribution < -0.4 is 15.0 Å². The number of rotatable bonds is 11. The van der Waals surface area contributed by atoms with Crippen molar-refractivity contribution in [3.05, 3.63) is 161 Å². The third kappa shape index (κ3) is 7.66. The van der Waals surface area contributed by atoms with Crippen LogP contribution in [-0.2, 0) is 13.1 Å². The summed E-state index contributed by atoms with van der Waals surface area (Å²) >= 11 is 1.43. The van der Waals surface area contributed by atoms with Gasteiger partial charge in [-0.05, 0) is 79.2 Å². The molecule has 48 heavy (non-hydrogen) atoms. The zero-order chi connectivity index (χ0) is 33.5. The highest BCUT2D eigenvalue weighted by Crippen LogP contribution is 2.30. The third-order valence-corrected chi connectivity index (χ3v) is 8.50. The summed E-state index contributed by atoms with van der Waals surface area (Å²) in [4.78, 5) is 45.0. The molecular formula is C39H31N3O5S. The highest BCUT2D eigenvalue weighted by atomic mass is 32.1. The van der Waals surface area contributed by atoms with Gasteiger partial charge in [-0.3, -0.25) is 14.4 Å². The van der Waals surface area contributed by atoms with Crippen molar-refractivity contribution in [3.8, 4) is 27.8 Å². The van der Waals surface area contributed by atoms with Crippen LogP contribution >= 0.6 is 11.3 Å². The second kappa shape index (κ2) is 14.6. The van der Waals surface area contributed by atoms with Crippen LogP contribution in [0.5, 0.6) is 17.2 Å². The van der Waals surface area contributed by atoms with Crippen LogP contribution in [0.1, 0.15) is 49.3 Å². The maximum absolute atomic E-state index is 13.6. The summed E-state index contributed by atoms with van der Waals surface area (Å²) in [6.45, 7) is 1.88. The molecule has 0 aliphatic carbocycles. The number of benzene rings is 5. The van der Waals surface area contributed by atoms with E-state index in [1.165, 1.54) is 35.3 Å². The second-order valence-electron chi connectivity index (χ2n) is 11.0. The van der Waals surface area contributed by atoms with Gasteiger partial charge in [0.05, 0.1) is 17.8 Å². The number of carbonyl (C=O) groups is 3. The number of thiazole rings is 1. The molecule has 6 rings (SSSR count). The lowest BCUT2D eigenvalue weighted by molar-refractivity contribution is 0.0948. The summed E-state index contributed by atoms with van der Waals surface area (Å²) in [5.74, 6) is 0.564. The SMILES string of the molecule is CC(=O)c1cc(N(Cc2csc(-c3ccc(C(=O)NCc4ccc(Oc5ccccc5)cc4)cc3)n2)C(=O)c2ccccc2)ccc1O. The lowest BCUT2D eigenvalue weighted by Gasteiger charge is -2.23. The number of ether oxygens (including phenoxy) is 1. The van der Waals surface area contributed by atoms with Gasteiger partial charge in [-0.25, -0.2) is 4.98 Å². The Bertz CT molecular complexity index is 2040. The molecule has 238 valence electrons. The number of Topliss-reactive ketones (excluding diaryl/α,β-unsaturated/α-hetero) is 1. The van der Waals surface area contributed by atoms with Gasteiger partial charge in [-0.2, -0.15) is 0 Å². The molecule has 0 aliphatic rings. The number of nitrogens with zero attached hydrogens (tertiary/aromatic N) is 2. The average Bonchev–Trinajstić information content (AvgIpc) is 3.60. The van der Waals surface area contributed by atoms with Crippen LogP contribution in [0, 0.1) is 0 Å². The number of phenolic OH excluding ortho intramolecular Hbond substituents is 1. The third-order valence-electron chi connectivity index (χ3n) is 7.56. The van der Waals surface area contributed by atoms with Gasteiger partial charge in [-0.1, -0.05) is 60.7 Å². The predicted octanol–water partition coefficient (Wildman–Crippen LogP) is 8.29. The Morgan fingerprint density at radius 1 is 0.792 bits per heavy atom. The van der Waals surface area contributed by atoms with E-state index < -0.39 is 0 Å². The number of aromatic nitrogens is 1. The van der Waals surface area contributed by atoms with E-state index in [0.717, 1.165) is 27.6 Å². The van der Waals surface area contributed by atoms with Gasteiger partial charge in [-0.15, -0.1) is 11.3 Å². The fourth-order valence-electron chi connectivity index (χ4n) is 5.01. The smallest absolute Gasteiger partial charge is 0.258 e. The Balaban J connectivity index is 1.11. The molecule has 9 heteroatoms. The first kappa shape index (κ1) is 31.9. The van der Waals surface area contributed by atoms with E-state index in [9.17, 15) is 19.5 Å². The Morgan fingerprint density at radius 2 is 1.46 bits per heavy atom. The first-order chi connectivity index (χ1) is 23.3. The van der Waals surface area contributed by atoms with Gasteiger partial charge >= 0.3 is 0 Å². The summed E-state index contributed by atoms with van der Waals surface area (Å²) in [6.07, 6.45) is 0. The van der Waals surface area contributed by atoms with Gasteiger partial charge in [0.25, 0.3) is 11.8 Å². The van der Waals surface area contributed by atoms with Crippen LogP contribution in [0.4, 0.5) is 5.69 Å². The largest absolute Gasteiger partial charge is 0.507 e. The standard InChI is InChI=1S/C39H31N3O5S/c1-26(43)35-22-32(18-21-36(35)44)42(39(46)30-8-4-2-5-9-30)24-31-25-48-38(41-31)29-16-14-28(15-17-29)37(45)40-23-27-12-19-34(20-13-27)47-33-10-6-3-7-11-33/h2-22,25,44H,23-24H2,1H3,(H,40,45). The van der Waals surface area contributed by atoms with E-state index in [-0.39, 0.29) is 35.5 Å². The molecule has 1 aromatic heterocycles. The molecule has 1 heterocycles. The quantitative estimate of drug-likeness (QED) is 0.136. The minimum atomic E-state index is -0.308. The molecular weight excluding hydrogens is 623 g/mol. The van der Waals surface area contributed by atoms with E-state index in [1.807, 2.05) is 78.2 Å². The van der Waals surface area contributed by atoms with E-state index in [2.05, 4.69) is 5.32 Å². The van der Waals surface area contributed by atoms with Crippen LogP contribution in [0.15, 0.2) is 133 Å². The Morgan fingerprint density at radius 3 is 2.15 bits per heavy atom. The molecule has 0 aliphatic heterocycles. The maximum Gasteiger partial charge on any atom is 0.258 e. The molecule has 2 amide bonds. The average molecular weight is 654 g/mol. The lowest BCUT2D eigenvalue weighted by Crippen LogP contribution is -2.30. The molecule has 0 radical (unpaired) electrons. The van der Waals surface area contributed by atoms with Gasteiger partial charge in [0.2, 0.25) is 0 Å². The molecule has 0 saturated heterocycles. The summed E-state index contributed by atoms with van der Waals surface area (Å²) in [7, 11) is 0. The summed E-state index contributed by atoms with van der Waals surface area (Å²) < 4.78 is 5.83. The van der Waals surface area contributed by atoms with E-state index in [0.29, 0.717) is 29.1 Å². The number of carbonyl (C=O) groups excluding carboxylic acids is 3. The van der Waals surface area contributed by atoms with E-state index in [1.54, 1.807) is 42.5 Å². The molecule has 6 aromatic rings. The number of para-hydroxylation sites is 1. The fraction of sp³-hybridized carbons (Fsp3) is 0.0769. The molecule has 5 aromatic carbocycles. The molecule has 0 atom stereocenters. The van der Waals surface area contributed by atoms with Gasteiger partial charge < -0.3 is 20.1 Å². The van der Waals surface area contributed by atoms with E-state index >= 15 is 0 Å². The number of nitrogens with one attached hydrogen (secondary N) is 1. The van der Waals surface area contributed by atoms with Crippen molar-refractivity contribution in [1.82, 2.24) is 10.3 Å². The Kier molecular flexibility index (Phi) is 9.69. The minimum Gasteiger partial charge on any atom is -0.507 e. The fourth-order valence-corrected chi connectivity index (χ4v) is 5.83. The highest BCUT2D eigenvalue weighted by Gasteiger charge is 2.22. The summed E-state index contributed by atoms with van der Waals surface area (Å²) in [5.41, 5.74) is 4.03. The number of phenols is 1. The van der Waals surface area contributed by atoms with E-state index in [4.69, 9.17) is 9.72 Å². The van der Waals surface area contributed by atoms with Crippen LogP contribution in [-0.4, -0.2) is 27.7 Å². The topological polar surface area (TPSA) is 109 Å². The number of anilines is 1. The van der Waals surface area contributed by atoms with Crippen molar-refractivity contribution in [2.45, 2.75) is 20.0 Å². The molecule has 8 nitrogen and oxygen atoms in total. The predicted molar refractivity (Wildman–Crippen MR) is 187 cm³/mol. The van der Waals surface area contributed by atoms with Crippen molar-refractivity contribution < 1.29 is 24.2 Å². The molecule has 0 fully saturated rings.